The molecule has 0 spiro atoms. The van der Waals surface area contributed by atoms with Crippen LogP contribution in [-0.4, -0.2) is 40.1 Å². The molecule has 0 aliphatic carbocycles. The molecule has 1 saturated heterocycles. The molecule has 2 rings (SSSR count). The van der Waals surface area contributed by atoms with Crippen LogP contribution in [-0.2, 0) is 19.6 Å². The minimum atomic E-state index is -3.77. The average molecular weight is 335 g/mol. The molecule has 0 saturated carbocycles. The molecule has 6 nitrogen and oxygen atoms in total. The fourth-order valence-electron chi connectivity index (χ4n) is 1.96. The van der Waals surface area contributed by atoms with E-state index in [9.17, 15) is 13.2 Å². The number of sulfonamides is 1. The van der Waals surface area contributed by atoms with Gasteiger partial charge < -0.3 is 10.1 Å². The van der Waals surface area contributed by atoms with Gasteiger partial charge in [0.05, 0.1) is 17.6 Å². The van der Waals surface area contributed by atoms with Crippen molar-refractivity contribution in [3.63, 3.8) is 0 Å². The number of hydrogen-bond donors (Lipinski definition) is 2. The number of rotatable bonds is 5. The quantitative estimate of drug-likeness (QED) is 0.827. The molecule has 1 atom stereocenters. The Morgan fingerprint density at radius 2 is 2.05 bits per heavy atom. The second-order valence-electron chi connectivity index (χ2n) is 4.58. The molecule has 1 aromatic carbocycles. The Balaban J connectivity index is 0.00000220. The molecule has 1 aliphatic rings. The maximum absolute atomic E-state index is 11.9. The fraction of sp³-hybridized carbons (Fsp3) is 0.462. The van der Waals surface area contributed by atoms with Crippen LogP contribution >= 0.6 is 12.4 Å². The summed E-state index contributed by atoms with van der Waals surface area (Å²) in [5, 5.41) is 3.16. The lowest BCUT2D eigenvalue weighted by molar-refractivity contribution is -0.120. The summed E-state index contributed by atoms with van der Waals surface area (Å²) >= 11 is 0. The molecule has 118 valence electrons. The second-order valence-corrected chi connectivity index (χ2v) is 6.26. The van der Waals surface area contributed by atoms with Crippen molar-refractivity contribution in [3.8, 4) is 0 Å². The van der Waals surface area contributed by atoms with Crippen LogP contribution in [0.25, 0.3) is 0 Å². The maximum Gasteiger partial charge on any atom is 0.264 e. The van der Waals surface area contributed by atoms with E-state index in [4.69, 9.17) is 4.74 Å². The molecule has 1 fully saturated rings. The van der Waals surface area contributed by atoms with Crippen molar-refractivity contribution in [2.45, 2.75) is 23.8 Å². The fourth-order valence-corrected chi connectivity index (χ4v) is 2.99. The van der Waals surface area contributed by atoms with Gasteiger partial charge in [0.2, 0.25) is 5.91 Å². The molecule has 0 radical (unpaired) electrons. The predicted octanol–water partition coefficient (Wildman–Crippen LogP) is 0.682. The van der Waals surface area contributed by atoms with Crippen LogP contribution in [0.3, 0.4) is 0 Å². The first kappa shape index (κ1) is 17.9. The first-order valence-corrected chi connectivity index (χ1v) is 7.99. The van der Waals surface area contributed by atoms with E-state index in [-0.39, 0.29) is 29.8 Å². The van der Waals surface area contributed by atoms with E-state index in [0.29, 0.717) is 19.6 Å². The van der Waals surface area contributed by atoms with Gasteiger partial charge in [-0.15, -0.1) is 12.4 Å². The molecule has 2 N–H and O–H groups in total. The van der Waals surface area contributed by atoms with Crippen LogP contribution in [0.2, 0.25) is 0 Å². The first-order valence-electron chi connectivity index (χ1n) is 6.51. The molecule has 21 heavy (non-hydrogen) atoms. The standard InChI is InChI=1S/C13H18N2O4S.ClH/c16-13(7-6-11-10-14-8-9-19-11)15-20(17,18)12-4-2-1-3-5-12;/h1-5,11,14H,6-10H2,(H,15,16);1H. The highest BCUT2D eigenvalue weighted by Crippen LogP contribution is 2.09. The Bertz CT molecular complexity index is 545. The maximum atomic E-state index is 11.9. The van der Waals surface area contributed by atoms with Gasteiger partial charge in [0.25, 0.3) is 10.0 Å². The summed E-state index contributed by atoms with van der Waals surface area (Å²) in [5.74, 6) is -0.511. The van der Waals surface area contributed by atoms with Gasteiger partial charge in [-0.1, -0.05) is 18.2 Å². The molecular weight excluding hydrogens is 316 g/mol. The van der Waals surface area contributed by atoms with Gasteiger partial charge in [0.1, 0.15) is 0 Å². The smallest absolute Gasteiger partial charge is 0.264 e. The third-order valence-corrected chi connectivity index (χ3v) is 4.39. The van der Waals surface area contributed by atoms with Crippen molar-refractivity contribution >= 4 is 28.3 Å². The summed E-state index contributed by atoms with van der Waals surface area (Å²) in [6.45, 7) is 2.12. The summed E-state index contributed by atoms with van der Waals surface area (Å²) in [7, 11) is -3.77. The lowest BCUT2D eigenvalue weighted by atomic mass is 10.2. The summed E-state index contributed by atoms with van der Waals surface area (Å²) in [6.07, 6.45) is 0.593. The number of halogens is 1. The summed E-state index contributed by atoms with van der Waals surface area (Å²) < 4.78 is 31.4. The molecule has 8 heteroatoms. The largest absolute Gasteiger partial charge is 0.376 e. The molecule has 1 aliphatic heterocycles. The lowest BCUT2D eigenvalue weighted by Gasteiger charge is -2.23. The Kier molecular flexibility index (Phi) is 7.10. The van der Waals surface area contributed by atoms with E-state index >= 15 is 0 Å². The topological polar surface area (TPSA) is 84.5 Å². The average Bonchev–Trinajstić information content (AvgIpc) is 2.47. The Hall–Kier alpha value is -1.15. The highest BCUT2D eigenvalue weighted by molar-refractivity contribution is 7.90. The number of amides is 1. The number of hydrogen-bond acceptors (Lipinski definition) is 5. The van der Waals surface area contributed by atoms with Crippen molar-refractivity contribution in [1.29, 1.82) is 0 Å². The Morgan fingerprint density at radius 1 is 1.33 bits per heavy atom. The Morgan fingerprint density at radius 3 is 2.67 bits per heavy atom. The van der Waals surface area contributed by atoms with Crippen molar-refractivity contribution < 1.29 is 17.9 Å². The highest BCUT2D eigenvalue weighted by Gasteiger charge is 2.19. The van der Waals surface area contributed by atoms with Gasteiger partial charge in [0, 0.05) is 19.5 Å². The first-order chi connectivity index (χ1) is 9.58. The molecule has 1 unspecified atom stereocenters. The van der Waals surface area contributed by atoms with Gasteiger partial charge in [0.15, 0.2) is 0 Å². The van der Waals surface area contributed by atoms with Crippen LogP contribution in [0, 0.1) is 0 Å². The van der Waals surface area contributed by atoms with Crippen molar-refractivity contribution in [3.05, 3.63) is 30.3 Å². The zero-order chi connectivity index (χ0) is 14.4. The zero-order valence-electron chi connectivity index (χ0n) is 11.4. The SMILES string of the molecule is Cl.O=C(CCC1CNCCO1)NS(=O)(=O)c1ccccc1. The molecule has 1 heterocycles. The Labute approximate surface area is 130 Å². The highest BCUT2D eigenvalue weighted by atomic mass is 35.5. The van der Waals surface area contributed by atoms with Gasteiger partial charge in [-0.3, -0.25) is 4.79 Å². The van der Waals surface area contributed by atoms with Crippen molar-refractivity contribution in [2.24, 2.45) is 0 Å². The molecule has 0 aromatic heterocycles. The third-order valence-electron chi connectivity index (χ3n) is 3.00. The lowest BCUT2D eigenvalue weighted by Crippen LogP contribution is -2.39. The van der Waals surface area contributed by atoms with Crippen molar-refractivity contribution in [1.82, 2.24) is 10.0 Å². The zero-order valence-corrected chi connectivity index (χ0v) is 13.1. The molecule has 1 aromatic rings. The molecule has 0 bridgehead atoms. The number of ether oxygens (including phenoxy) is 1. The minimum Gasteiger partial charge on any atom is -0.376 e. The molecular formula is C13H19ClN2O4S. The number of morpholine rings is 1. The van der Waals surface area contributed by atoms with Gasteiger partial charge in [-0.05, 0) is 18.6 Å². The van der Waals surface area contributed by atoms with Crippen molar-refractivity contribution in [2.75, 3.05) is 19.7 Å². The van der Waals surface area contributed by atoms with E-state index in [0.717, 1.165) is 6.54 Å². The number of benzene rings is 1. The monoisotopic (exact) mass is 334 g/mol. The van der Waals surface area contributed by atoms with E-state index in [1.165, 1.54) is 12.1 Å². The molecule has 1 amide bonds. The normalized spacial score (nSPS) is 18.6. The van der Waals surface area contributed by atoms with E-state index in [2.05, 4.69) is 10.0 Å². The predicted molar refractivity (Wildman–Crippen MR) is 80.9 cm³/mol. The summed E-state index contributed by atoms with van der Waals surface area (Å²) in [6, 6.07) is 7.84. The number of nitrogens with one attached hydrogen (secondary N) is 2. The number of carbonyl (C=O) groups is 1. The van der Waals surface area contributed by atoms with E-state index < -0.39 is 15.9 Å². The summed E-state index contributed by atoms with van der Waals surface area (Å²) in [4.78, 5) is 11.8. The number of carbonyl (C=O) groups excluding carboxylic acids is 1. The van der Waals surface area contributed by atoms with Crippen LogP contribution in [0.15, 0.2) is 35.2 Å². The van der Waals surface area contributed by atoms with Crippen LogP contribution in [0.5, 0.6) is 0 Å². The minimum absolute atomic E-state index is 0. The second kappa shape index (κ2) is 8.33. The van der Waals surface area contributed by atoms with Gasteiger partial charge >= 0.3 is 0 Å². The van der Waals surface area contributed by atoms with Crippen LogP contribution in [0.1, 0.15) is 12.8 Å². The van der Waals surface area contributed by atoms with Crippen LogP contribution < -0.4 is 10.0 Å². The van der Waals surface area contributed by atoms with E-state index in [1.807, 2.05) is 0 Å². The van der Waals surface area contributed by atoms with Gasteiger partial charge in [-0.2, -0.15) is 0 Å². The third kappa shape index (κ3) is 5.62. The summed E-state index contributed by atoms with van der Waals surface area (Å²) in [5.41, 5.74) is 0. The van der Waals surface area contributed by atoms with E-state index in [1.54, 1.807) is 18.2 Å². The van der Waals surface area contributed by atoms with Gasteiger partial charge in [-0.25, -0.2) is 13.1 Å². The van der Waals surface area contributed by atoms with Crippen LogP contribution in [0.4, 0.5) is 0 Å².